The van der Waals surface area contributed by atoms with Crippen LogP contribution in [0.3, 0.4) is 0 Å². The maximum Gasteiger partial charge on any atom is 0.328 e. The molecule has 0 aliphatic rings. The second-order valence-electron chi connectivity index (χ2n) is 3.74. The van der Waals surface area contributed by atoms with E-state index in [2.05, 4.69) is 5.16 Å². The molecule has 0 bridgehead atoms. The molecule has 3 aromatic heterocycles. The third kappa shape index (κ3) is 4.90. The van der Waals surface area contributed by atoms with Crippen LogP contribution in [0.5, 0.6) is 0 Å². The number of aromatic amines is 1. The summed E-state index contributed by atoms with van der Waals surface area (Å²) in [5.74, 6) is -0.307. The molecule has 3 heterocycles. The van der Waals surface area contributed by atoms with Crippen molar-refractivity contribution >= 4 is 34.7 Å². The van der Waals surface area contributed by atoms with Crippen LogP contribution in [0.4, 0.5) is 0 Å². The van der Waals surface area contributed by atoms with E-state index in [1.54, 1.807) is 6.08 Å². The predicted octanol–water partition coefficient (Wildman–Crippen LogP) is 3.54. The van der Waals surface area contributed by atoms with Gasteiger partial charge in [-0.05, 0) is 29.0 Å². The van der Waals surface area contributed by atoms with Gasteiger partial charge in [-0.2, -0.15) is 5.16 Å². The van der Waals surface area contributed by atoms with Gasteiger partial charge in [0, 0.05) is 11.0 Å². The Balaban J connectivity index is 0.000000155. The van der Waals surface area contributed by atoms with Gasteiger partial charge < -0.3 is 9.63 Å². The predicted molar refractivity (Wildman–Crippen MR) is 83.6 cm³/mol. The van der Waals surface area contributed by atoms with Crippen molar-refractivity contribution in [2.45, 2.75) is 0 Å². The number of carboxylic acids is 1. The summed E-state index contributed by atoms with van der Waals surface area (Å²) in [6.07, 6.45) is 2.71. The van der Waals surface area contributed by atoms with Gasteiger partial charge in [-0.3, -0.25) is 4.79 Å². The first kappa shape index (κ1) is 15.0. The number of thiophene rings is 2. The van der Waals surface area contributed by atoms with Crippen molar-refractivity contribution in [3.05, 3.63) is 62.4 Å². The summed E-state index contributed by atoms with van der Waals surface area (Å²) >= 11 is 3.05. The van der Waals surface area contributed by atoms with Crippen molar-refractivity contribution in [1.29, 1.82) is 0 Å². The van der Waals surface area contributed by atoms with Gasteiger partial charge in [0.25, 0.3) is 5.56 Å². The van der Waals surface area contributed by atoms with Crippen molar-refractivity contribution in [3.63, 3.8) is 0 Å². The molecular formula is C14H11NO4S2. The third-order valence-electron chi connectivity index (χ3n) is 2.22. The Morgan fingerprint density at radius 1 is 1.24 bits per heavy atom. The van der Waals surface area contributed by atoms with Crippen LogP contribution in [0.1, 0.15) is 4.88 Å². The van der Waals surface area contributed by atoms with Crippen LogP contribution in [0, 0.1) is 0 Å². The summed E-state index contributed by atoms with van der Waals surface area (Å²) < 4.78 is 4.88. The minimum Gasteiger partial charge on any atom is -0.478 e. The van der Waals surface area contributed by atoms with Crippen LogP contribution in [0.2, 0.25) is 0 Å². The Bertz CT molecular complexity index is 751. The molecule has 3 aromatic rings. The number of hydrogen-bond acceptors (Lipinski definition) is 5. The van der Waals surface area contributed by atoms with Crippen molar-refractivity contribution < 1.29 is 14.4 Å². The van der Waals surface area contributed by atoms with E-state index in [1.165, 1.54) is 28.7 Å². The molecule has 0 saturated carbocycles. The Morgan fingerprint density at radius 3 is 2.52 bits per heavy atom. The van der Waals surface area contributed by atoms with Gasteiger partial charge in [-0.25, -0.2) is 4.79 Å². The monoisotopic (exact) mass is 321 g/mol. The SMILES string of the molecule is O=C(O)C=Cc1cccs1.O=c1cc(-c2cccs2)o[nH]1. The van der Waals surface area contributed by atoms with Crippen LogP contribution in [-0.4, -0.2) is 16.2 Å². The van der Waals surface area contributed by atoms with Crippen LogP contribution in [-0.2, 0) is 4.79 Å². The summed E-state index contributed by atoms with van der Waals surface area (Å²) in [6.45, 7) is 0. The topological polar surface area (TPSA) is 83.3 Å². The molecule has 108 valence electrons. The zero-order valence-electron chi connectivity index (χ0n) is 10.7. The molecule has 0 aliphatic heterocycles. The second kappa shape index (κ2) is 7.41. The van der Waals surface area contributed by atoms with E-state index in [0.29, 0.717) is 5.76 Å². The lowest BCUT2D eigenvalue weighted by molar-refractivity contribution is -0.131. The largest absolute Gasteiger partial charge is 0.478 e. The minimum atomic E-state index is -0.909. The van der Waals surface area contributed by atoms with E-state index in [1.807, 2.05) is 35.0 Å². The lowest BCUT2D eigenvalue weighted by Crippen LogP contribution is -1.92. The molecule has 0 unspecified atom stereocenters. The summed E-state index contributed by atoms with van der Waals surface area (Å²) in [5, 5.41) is 14.3. The van der Waals surface area contributed by atoms with Crippen LogP contribution < -0.4 is 5.56 Å². The van der Waals surface area contributed by atoms with E-state index >= 15 is 0 Å². The van der Waals surface area contributed by atoms with Crippen molar-refractivity contribution in [3.8, 4) is 10.6 Å². The number of carbonyl (C=O) groups is 1. The molecule has 5 nitrogen and oxygen atoms in total. The Labute approximate surface area is 127 Å². The van der Waals surface area contributed by atoms with Crippen LogP contribution in [0.25, 0.3) is 16.7 Å². The zero-order chi connectivity index (χ0) is 15.1. The Kier molecular flexibility index (Phi) is 5.30. The summed E-state index contributed by atoms with van der Waals surface area (Å²) in [7, 11) is 0. The maximum absolute atomic E-state index is 10.6. The average Bonchev–Trinajstić information content (AvgIpc) is 3.19. The first-order chi connectivity index (χ1) is 10.1. The van der Waals surface area contributed by atoms with E-state index in [4.69, 9.17) is 9.63 Å². The molecule has 0 atom stereocenters. The summed E-state index contributed by atoms with van der Waals surface area (Å²) in [4.78, 5) is 22.6. The fraction of sp³-hybridized carbons (Fsp3) is 0. The molecule has 0 saturated heterocycles. The highest BCUT2D eigenvalue weighted by atomic mass is 32.1. The average molecular weight is 321 g/mol. The number of carboxylic acid groups (broad SMARTS) is 1. The number of nitrogens with one attached hydrogen (secondary N) is 1. The van der Waals surface area contributed by atoms with Gasteiger partial charge in [0.15, 0.2) is 5.76 Å². The highest BCUT2D eigenvalue weighted by Crippen LogP contribution is 2.22. The first-order valence-corrected chi connectivity index (χ1v) is 7.58. The van der Waals surface area contributed by atoms with Gasteiger partial charge in [0.1, 0.15) is 0 Å². The van der Waals surface area contributed by atoms with Gasteiger partial charge in [0.2, 0.25) is 0 Å². The maximum atomic E-state index is 10.6. The Morgan fingerprint density at radius 2 is 2.00 bits per heavy atom. The highest BCUT2D eigenvalue weighted by Gasteiger charge is 2.02. The molecule has 3 rings (SSSR count). The smallest absolute Gasteiger partial charge is 0.328 e. The third-order valence-corrected chi connectivity index (χ3v) is 3.94. The molecule has 0 radical (unpaired) electrons. The number of rotatable bonds is 3. The fourth-order valence-electron chi connectivity index (χ4n) is 1.36. The molecule has 0 aliphatic carbocycles. The quantitative estimate of drug-likeness (QED) is 0.723. The molecule has 0 spiro atoms. The molecule has 0 aromatic carbocycles. The van der Waals surface area contributed by atoms with Crippen molar-refractivity contribution in [2.75, 3.05) is 0 Å². The molecule has 21 heavy (non-hydrogen) atoms. The minimum absolute atomic E-state index is 0.201. The highest BCUT2D eigenvalue weighted by molar-refractivity contribution is 7.13. The van der Waals surface area contributed by atoms with E-state index in [-0.39, 0.29) is 5.56 Å². The van der Waals surface area contributed by atoms with E-state index in [0.717, 1.165) is 15.8 Å². The normalized spacial score (nSPS) is 10.3. The van der Waals surface area contributed by atoms with E-state index in [9.17, 15) is 9.59 Å². The molecule has 0 fully saturated rings. The van der Waals surface area contributed by atoms with Gasteiger partial charge >= 0.3 is 5.97 Å². The molecule has 0 amide bonds. The number of H-pyrrole nitrogens is 1. The standard InChI is InChI=1S/C7H5NO2S.C7H6O2S/c9-7-4-5(10-8-7)6-2-1-3-11-6;8-7(9)4-3-6-2-1-5-10-6/h1-4H,(H,8,9);1-5H,(H,8,9). The van der Waals surface area contributed by atoms with Crippen LogP contribution in [0.15, 0.2) is 56.5 Å². The number of aliphatic carboxylic acids is 1. The number of hydrogen-bond donors (Lipinski definition) is 2. The van der Waals surface area contributed by atoms with Gasteiger partial charge in [0.05, 0.1) is 10.9 Å². The molecular weight excluding hydrogens is 310 g/mol. The molecule has 2 N–H and O–H groups in total. The molecule has 7 heteroatoms. The van der Waals surface area contributed by atoms with Crippen LogP contribution >= 0.6 is 22.7 Å². The van der Waals surface area contributed by atoms with Gasteiger partial charge in [-0.15, -0.1) is 22.7 Å². The number of aromatic nitrogens is 1. The van der Waals surface area contributed by atoms with Gasteiger partial charge in [-0.1, -0.05) is 12.1 Å². The second-order valence-corrected chi connectivity index (χ2v) is 5.67. The lowest BCUT2D eigenvalue weighted by Gasteiger charge is -1.82. The fourth-order valence-corrected chi connectivity index (χ4v) is 2.66. The summed E-state index contributed by atoms with van der Waals surface area (Å²) in [6, 6.07) is 8.99. The van der Waals surface area contributed by atoms with Crippen molar-refractivity contribution in [2.24, 2.45) is 0 Å². The summed E-state index contributed by atoms with van der Waals surface area (Å²) in [5.41, 5.74) is -0.201. The lowest BCUT2D eigenvalue weighted by atomic mass is 10.4. The van der Waals surface area contributed by atoms with Crippen molar-refractivity contribution in [1.82, 2.24) is 5.16 Å². The first-order valence-electron chi connectivity index (χ1n) is 5.82. The zero-order valence-corrected chi connectivity index (χ0v) is 12.3. The van der Waals surface area contributed by atoms with E-state index < -0.39 is 5.97 Å². The Hall–Kier alpha value is -2.38.